The summed E-state index contributed by atoms with van der Waals surface area (Å²) < 4.78 is 25.9. The summed E-state index contributed by atoms with van der Waals surface area (Å²) in [6.45, 7) is 16.8. The van der Waals surface area contributed by atoms with Gasteiger partial charge in [0, 0.05) is 0 Å². The molecule has 0 bridgehead atoms. The van der Waals surface area contributed by atoms with E-state index in [1.807, 2.05) is 0 Å². The SMILES string of the molecule is CC1(C)OB(c2cccc(-c3c(-c4cccc(B5OC(C)(C)C(C)(C)O5)c4)c4ccccc4c4ccccc34)c2)OC1(C)C. The van der Waals surface area contributed by atoms with Gasteiger partial charge >= 0.3 is 14.2 Å². The average Bonchev–Trinajstić information content (AvgIpc) is 3.36. The molecule has 0 aliphatic carbocycles. The summed E-state index contributed by atoms with van der Waals surface area (Å²) in [5.41, 5.74) is 4.97. The molecular weight excluding hydrogens is 542 g/mol. The van der Waals surface area contributed by atoms with Gasteiger partial charge in [0.25, 0.3) is 0 Å². The van der Waals surface area contributed by atoms with Gasteiger partial charge in [0.1, 0.15) is 0 Å². The Bertz CT molecular complexity index is 1740. The van der Waals surface area contributed by atoms with Crippen LogP contribution >= 0.6 is 0 Å². The van der Waals surface area contributed by atoms with Crippen molar-refractivity contribution in [1.29, 1.82) is 0 Å². The molecule has 44 heavy (non-hydrogen) atoms. The van der Waals surface area contributed by atoms with Gasteiger partial charge in [0.2, 0.25) is 0 Å². The lowest BCUT2D eigenvalue weighted by atomic mass is 9.75. The van der Waals surface area contributed by atoms with Crippen LogP contribution in [0.15, 0.2) is 97.1 Å². The second-order valence-electron chi connectivity index (χ2n) is 14.3. The van der Waals surface area contributed by atoms with Gasteiger partial charge in [-0.05, 0) is 110 Å². The van der Waals surface area contributed by atoms with E-state index in [2.05, 4.69) is 152 Å². The maximum absolute atomic E-state index is 6.47. The summed E-state index contributed by atoms with van der Waals surface area (Å²) in [7, 11) is -0.886. The minimum atomic E-state index is -0.443. The predicted octanol–water partition coefficient (Wildman–Crippen LogP) is 7.93. The maximum atomic E-state index is 6.47. The molecule has 0 spiro atoms. The standard InChI is InChI=1S/C38H40B2O4/c1-35(2)36(3,4)42-39(41-35)27-17-13-15-25(23-27)33-31-21-11-9-19-29(31)30-20-10-12-22-32(30)34(33)26-16-14-18-28(24-26)40-43-37(5,6)38(7,8)44-40/h9-24H,1-8H3. The van der Waals surface area contributed by atoms with E-state index in [1.54, 1.807) is 0 Å². The van der Waals surface area contributed by atoms with Crippen molar-refractivity contribution < 1.29 is 18.6 Å². The van der Waals surface area contributed by atoms with Crippen molar-refractivity contribution in [2.24, 2.45) is 0 Å². The van der Waals surface area contributed by atoms with Crippen molar-refractivity contribution >= 4 is 46.7 Å². The van der Waals surface area contributed by atoms with E-state index in [-0.39, 0.29) is 0 Å². The lowest BCUT2D eigenvalue weighted by Gasteiger charge is -2.32. The van der Waals surface area contributed by atoms with Crippen LogP contribution in [0.5, 0.6) is 0 Å². The Labute approximate surface area is 262 Å². The molecular formula is C38H40B2O4. The first-order valence-electron chi connectivity index (χ1n) is 15.6. The van der Waals surface area contributed by atoms with Gasteiger partial charge in [-0.15, -0.1) is 0 Å². The molecule has 4 nitrogen and oxygen atoms in total. The zero-order valence-electron chi connectivity index (χ0n) is 27.0. The molecule has 0 saturated carbocycles. The maximum Gasteiger partial charge on any atom is 0.494 e. The van der Waals surface area contributed by atoms with Crippen LogP contribution in [0.1, 0.15) is 55.4 Å². The van der Waals surface area contributed by atoms with Crippen molar-refractivity contribution in [3.8, 4) is 22.3 Å². The third-order valence-electron chi connectivity index (χ3n) is 10.3. The molecule has 0 aromatic heterocycles. The molecule has 5 aromatic carbocycles. The van der Waals surface area contributed by atoms with Crippen molar-refractivity contribution in [3.63, 3.8) is 0 Å². The highest BCUT2D eigenvalue weighted by Crippen LogP contribution is 2.45. The van der Waals surface area contributed by atoms with Gasteiger partial charge in [-0.2, -0.15) is 0 Å². The normalized spacial score (nSPS) is 20.1. The second-order valence-corrected chi connectivity index (χ2v) is 14.3. The average molecular weight is 582 g/mol. The molecule has 0 N–H and O–H groups in total. The molecule has 222 valence electrons. The largest absolute Gasteiger partial charge is 0.494 e. The molecule has 0 radical (unpaired) electrons. The molecule has 0 unspecified atom stereocenters. The Balaban J connectivity index is 1.45. The molecule has 2 saturated heterocycles. The molecule has 2 aliphatic rings. The minimum Gasteiger partial charge on any atom is -0.399 e. The lowest BCUT2D eigenvalue weighted by molar-refractivity contribution is 0.00578. The lowest BCUT2D eigenvalue weighted by Crippen LogP contribution is -2.41. The number of benzene rings is 5. The zero-order valence-corrected chi connectivity index (χ0v) is 27.0. The minimum absolute atomic E-state index is 0.414. The van der Waals surface area contributed by atoms with Crippen LogP contribution in [0, 0.1) is 0 Å². The fourth-order valence-corrected chi connectivity index (χ4v) is 6.38. The van der Waals surface area contributed by atoms with Crippen molar-refractivity contribution in [2.45, 2.75) is 77.8 Å². The summed E-state index contributed by atoms with van der Waals surface area (Å²) in [5.74, 6) is 0. The van der Waals surface area contributed by atoms with Crippen molar-refractivity contribution in [3.05, 3.63) is 97.1 Å². The quantitative estimate of drug-likeness (QED) is 0.159. The Hall–Kier alpha value is -3.41. The first-order chi connectivity index (χ1) is 20.8. The van der Waals surface area contributed by atoms with Crippen LogP contribution in [-0.4, -0.2) is 36.6 Å². The highest BCUT2D eigenvalue weighted by atomic mass is 16.7. The van der Waals surface area contributed by atoms with Gasteiger partial charge in [-0.3, -0.25) is 0 Å². The topological polar surface area (TPSA) is 36.9 Å². The third-order valence-corrected chi connectivity index (χ3v) is 10.3. The van der Waals surface area contributed by atoms with E-state index in [1.165, 1.54) is 32.7 Å². The van der Waals surface area contributed by atoms with Gasteiger partial charge < -0.3 is 18.6 Å². The fourth-order valence-electron chi connectivity index (χ4n) is 6.38. The molecule has 7 rings (SSSR count). The van der Waals surface area contributed by atoms with Crippen molar-refractivity contribution in [1.82, 2.24) is 0 Å². The highest BCUT2D eigenvalue weighted by Gasteiger charge is 2.52. The molecule has 5 aromatic rings. The summed E-state index contributed by atoms with van der Waals surface area (Å²) in [4.78, 5) is 0. The van der Waals surface area contributed by atoms with E-state index < -0.39 is 36.6 Å². The molecule has 2 aliphatic heterocycles. The molecule has 0 atom stereocenters. The Morgan fingerprint density at radius 2 is 0.705 bits per heavy atom. The van der Waals surface area contributed by atoms with E-state index in [4.69, 9.17) is 18.6 Å². The van der Waals surface area contributed by atoms with Crippen LogP contribution in [0.25, 0.3) is 43.8 Å². The first-order valence-corrected chi connectivity index (χ1v) is 15.6. The van der Waals surface area contributed by atoms with Gasteiger partial charge in [0.15, 0.2) is 0 Å². The van der Waals surface area contributed by atoms with Gasteiger partial charge in [-0.25, -0.2) is 0 Å². The monoisotopic (exact) mass is 582 g/mol. The Morgan fingerprint density at radius 1 is 0.386 bits per heavy atom. The van der Waals surface area contributed by atoms with Crippen LogP contribution in [-0.2, 0) is 18.6 Å². The smallest absolute Gasteiger partial charge is 0.399 e. The van der Waals surface area contributed by atoms with Gasteiger partial charge in [-0.1, -0.05) is 97.1 Å². The molecule has 2 heterocycles. The van der Waals surface area contributed by atoms with Crippen LogP contribution in [0.2, 0.25) is 0 Å². The van der Waals surface area contributed by atoms with E-state index in [0.717, 1.165) is 22.1 Å². The summed E-state index contributed by atoms with van der Waals surface area (Å²) >= 11 is 0. The summed E-state index contributed by atoms with van der Waals surface area (Å²) in [6, 6.07) is 34.7. The Morgan fingerprint density at radius 3 is 1.05 bits per heavy atom. The number of hydrogen-bond acceptors (Lipinski definition) is 4. The third kappa shape index (κ3) is 4.62. The molecule has 6 heteroatoms. The van der Waals surface area contributed by atoms with Crippen LogP contribution in [0.4, 0.5) is 0 Å². The zero-order chi connectivity index (χ0) is 31.1. The molecule has 2 fully saturated rings. The molecule has 0 amide bonds. The second kappa shape index (κ2) is 10.1. The Kier molecular flexibility index (Phi) is 6.69. The number of hydrogen-bond donors (Lipinski definition) is 0. The van der Waals surface area contributed by atoms with Crippen molar-refractivity contribution in [2.75, 3.05) is 0 Å². The van der Waals surface area contributed by atoms with E-state index in [0.29, 0.717) is 0 Å². The fraction of sp³-hybridized carbons (Fsp3) is 0.316. The number of rotatable bonds is 4. The summed E-state index contributed by atoms with van der Waals surface area (Å²) in [6.07, 6.45) is 0. The van der Waals surface area contributed by atoms with E-state index >= 15 is 0 Å². The van der Waals surface area contributed by atoms with Gasteiger partial charge in [0.05, 0.1) is 22.4 Å². The first kappa shape index (κ1) is 29.3. The predicted molar refractivity (Wildman–Crippen MR) is 184 cm³/mol. The van der Waals surface area contributed by atoms with Crippen LogP contribution in [0.3, 0.4) is 0 Å². The number of fused-ring (bicyclic) bond motifs is 3. The van der Waals surface area contributed by atoms with E-state index in [9.17, 15) is 0 Å². The summed E-state index contributed by atoms with van der Waals surface area (Å²) in [5, 5.41) is 4.86. The van der Waals surface area contributed by atoms with Crippen LogP contribution < -0.4 is 10.9 Å². The highest BCUT2D eigenvalue weighted by molar-refractivity contribution is 6.62.